The first-order valence-electron chi connectivity index (χ1n) is 8.12. The summed E-state index contributed by atoms with van der Waals surface area (Å²) in [5.74, 6) is 1.54. The van der Waals surface area contributed by atoms with Crippen molar-refractivity contribution in [2.24, 2.45) is 5.10 Å². The van der Waals surface area contributed by atoms with E-state index in [2.05, 4.69) is 10.5 Å². The summed E-state index contributed by atoms with van der Waals surface area (Å²) in [5, 5.41) is 4.94. The quantitative estimate of drug-likeness (QED) is 0.449. The van der Waals surface area contributed by atoms with Gasteiger partial charge in [0.15, 0.2) is 0 Å². The molecule has 8 heteroatoms. The molecule has 6 nitrogen and oxygen atoms in total. The molecule has 3 aromatic rings. The fourth-order valence-electron chi connectivity index (χ4n) is 2.46. The molecule has 144 valence electrons. The third-order valence-electron chi connectivity index (χ3n) is 3.83. The van der Waals surface area contributed by atoms with Crippen LogP contribution in [0.5, 0.6) is 11.5 Å². The Kier molecular flexibility index (Phi) is 6.23. The first-order chi connectivity index (χ1) is 13.5. The molecular weight excluding hydrogens is 403 g/mol. The van der Waals surface area contributed by atoms with Crippen LogP contribution in [0, 0.1) is 0 Å². The van der Waals surface area contributed by atoms with Crippen LogP contribution in [0.4, 0.5) is 0 Å². The number of halogens is 2. The van der Waals surface area contributed by atoms with Crippen LogP contribution in [0.1, 0.15) is 16.1 Å². The normalized spacial score (nSPS) is 10.9. The lowest BCUT2D eigenvalue weighted by Crippen LogP contribution is -2.18. The second-order valence-corrected chi connectivity index (χ2v) is 6.44. The molecule has 3 rings (SSSR count). The number of nitrogens with zero attached hydrogens (tertiary/aromatic N) is 1. The summed E-state index contributed by atoms with van der Waals surface area (Å²) >= 11 is 12.1. The molecule has 1 heterocycles. The van der Waals surface area contributed by atoms with Gasteiger partial charge in [0.2, 0.25) is 0 Å². The summed E-state index contributed by atoms with van der Waals surface area (Å²) < 4.78 is 16.0. The summed E-state index contributed by atoms with van der Waals surface area (Å²) in [4.78, 5) is 12.3. The monoisotopic (exact) mass is 418 g/mol. The Bertz CT molecular complexity index is 1030. The molecule has 0 atom stereocenters. The van der Waals surface area contributed by atoms with Crippen LogP contribution < -0.4 is 14.9 Å². The van der Waals surface area contributed by atoms with Crippen molar-refractivity contribution in [1.82, 2.24) is 5.43 Å². The third-order valence-corrected chi connectivity index (χ3v) is 4.38. The van der Waals surface area contributed by atoms with E-state index in [4.69, 9.17) is 37.1 Å². The SMILES string of the molecule is COc1ccc(C(=O)N/N=C\c2ccc(-c3ccc(Cl)cc3Cl)o2)c(OC)c1. The Morgan fingerprint density at radius 3 is 2.61 bits per heavy atom. The van der Waals surface area contributed by atoms with Crippen LogP contribution >= 0.6 is 23.2 Å². The minimum Gasteiger partial charge on any atom is -0.497 e. The molecule has 0 saturated carbocycles. The van der Waals surface area contributed by atoms with E-state index in [9.17, 15) is 4.79 Å². The smallest absolute Gasteiger partial charge is 0.275 e. The van der Waals surface area contributed by atoms with Gasteiger partial charge in [-0.25, -0.2) is 5.43 Å². The van der Waals surface area contributed by atoms with Gasteiger partial charge in [0.05, 0.1) is 31.0 Å². The highest BCUT2D eigenvalue weighted by Gasteiger charge is 2.13. The summed E-state index contributed by atoms with van der Waals surface area (Å²) in [6, 6.07) is 13.5. The number of furan rings is 1. The van der Waals surface area contributed by atoms with E-state index >= 15 is 0 Å². The van der Waals surface area contributed by atoms with Gasteiger partial charge in [-0.1, -0.05) is 23.2 Å². The van der Waals surface area contributed by atoms with Crippen LogP contribution in [-0.2, 0) is 0 Å². The molecule has 0 aliphatic carbocycles. The van der Waals surface area contributed by atoms with Gasteiger partial charge in [-0.05, 0) is 42.5 Å². The molecule has 0 aliphatic rings. The van der Waals surface area contributed by atoms with Gasteiger partial charge < -0.3 is 13.9 Å². The number of hydrogen-bond donors (Lipinski definition) is 1. The van der Waals surface area contributed by atoms with E-state index in [1.54, 1.807) is 48.5 Å². The number of hydrogen-bond acceptors (Lipinski definition) is 5. The van der Waals surface area contributed by atoms with E-state index in [-0.39, 0.29) is 0 Å². The van der Waals surface area contributed by atoms with E-state index < -0.39 is 5.91 Å². The average molecular weight is 419 g/mol. The number of methoxy groups -OCH3 is 2. The van der Waals surface area contributed by atoms with E-state index in [0.29, 0.717) is 44.2 Å². The second kappa shape index (κ2) is 8.82. The Morgan fingerprint density at radius 2 is 1.89 bits per heavy atom. The maximum Gasteiger partial charge on any atom is 0.275 e. The number of ether oxygens (including phenoxy) is 2. The summed E-state index contributed by atoms with van der Waals surface area (Å²) in [5.41, 5.74) is 3.47. The van der Waals surface area contributed by atoms with Crippen molar-refractivity contribution in [3.8, 4) is 22.8 Å². The molecule has 28 heavy (non-hydrogen) atoms. The van der Waals surface area contributed by atoms with E-state index in [1.807, 2.05) is 0 Å². The number of carbonyl (C=O) groups is 1. The van der Waals surface area contributed by atoms with Crippen LogP contribution in [0.2, 0.25) is 10.0 Å². The Balaban J connectivity index is 1.70. The van der Waals surface area contributed by atoms with Crippen LogP contribution in [0.25, 0.3) is 11.3 Å². The molecule has 0 spiro atoms. The standard InChI is InChI=1S/C20H16Cl2N2O4/c1-26-13-4-7-16(19(10-13)27-2)20(25)24-23-11-14-5-8-18(28-14)15-6-3-12(21)9-17(15)22/h3-11H,1-2H3,(H,24,25)/b23-11-. The fourth-order valence-corrected chi connectivity index (χ4v) is 2.96. The van der Waals surface area contributed by atoms with E-state index in [1.165, 1.54) is 20.4 Å². The summed E-state index contributed by atoms with van der Waals surface area (Å²) in [7, 11) is 3.01. The molecule has 0 aliphatic heterocycles. The molecule has 1 N–H and O–H groups in total. The number of carbonyl (C=O) groups excluding carboxylic acids is 1. The van der Waals surface area contributed by atoms with Crippen molar-refractivity contribution >= 4 is 35.3 Å². The van der Waals surface area contributed by atoms with Gasteiger partial charge in [0, 0.05) is 16.7 Å². The van der Waals surface area contributed by atoms with Crippen LogP contribution in [0.15, 0.2) is 58.0 Å². The van der Waals surface area contributed by atoms with Gasteiger partial charge in [-0.2, -0.15) is 5.10 Å². The molecule has 0 fully saturated rings. The van der Waals surface area contributed by atoms with Crippen molar-refractivity contribution in [3.63, 3.8) is 0 Å². The Morgan fingerprint density at radius 1 is 1.07 bits per heavy atom. The number of hydrazone groups is 1. The lowest BCUT2D eigenvalue weighted by Gasteiger charge is -2.08. The molecule has 0 bridgehead atoms. The fraction of sp³-hybridized carbons (Fsp3) is 0.100. The van der Waals surface area contributed by atoms with Gasteiger partial charge in [0.25, 0.3) is 5.91 Å². The lowest BCUT2D eigenvalue weighted by atomic mass is 10.2. The summed E-state index contributed by atoms with van der Waals surface area (Å²) in [6.45, 7) is 0. The molecule has 0 radical (unpaired) electrons. The average Bonchev–Trinajstić information content (AvgIpc) is 3.15. The van der Waals surface area contributed by atoms with Gasteiger partial charge in [0.1, 0.15) is 23.0 Å². The topological polar surface area (TPSA) is 73.1 Å². The molecule has 0 saturated heterocycles. The minimum absolute atomic E-state index is 0.327. The van der Waals surface area contributed by atoms with Crippen molar-refractivity contribution in [1.29, 1.82) is 0 Å². The maximum absolute atomic E-state index is 12.3. The van der Waals surface area contributed by atoms with Gasteiger partial charge in [-0.3, -0.25) is 4.79 Å². The van der Waals surface area contributed by atoms with Crippen molar-refractivity contribution in [2.45, 2.75) is 0 Å². The zero-order chi connectivity index (χ0) is 20.1. The Labute approximate surface area is 171 Å². The zero-order valence-electron chi connectivity index (χ0n) is 15.0. The van der Waals surface area contributed by atoms with Gasteiger partial charge in [-0.15, -0.1) is 0 Å². The predicted molar refractivity (Wildman–Crippen MR) is 109 cm³/mol. The first kappa shape index (κ1) is 19.8. The van der Waals surface area contributed by atoms with Crippen LogP contribution in [0.3, 0.4) is 0 Å². The second-order valence-electron chi connectivity index (χ2n) is 5.59. The third kappa shape index (κ3) is 4.47. The van der Waals surface area contributed by atoms with Crippen molar-refractivity contribution in [2.75, 3.05) is 14.2 Å². The molecule has 2 aromatic carbocycles. The highest BCUT2D eigenvalue weighted by atomic mass is 35.5. The van der Waals surface area contributed by atoms with Gasteiger partial charge >= 0.3 is 0 Å². The molecule has 1 amide bonds. The number of benzene rings is 2. The predicted octanol–water partition coefficient (Wildman–Crippen LogP) is 5.03. The molecule has 0 unspecified atom stereocenters. The van der Waals surface area contributed by atoms with Crippen molar-refractivity contribution < 1.29 is 18.7 Å². The highest BCUT2D eigenvalue weighted by Crippen LogP contribution is 2.31. The lowest BCUT2D eigenvalue weighted by molar-refractivity contribution is 0.0952. The maximum atomic E-state index is 12.3. The van der Waals surface area contributed by atoms with Crippen LogP contribution in [-0.4, -0.2) is 26.3 Å². The highest BCUT2D eigenvalue weighted by molar-refractivity contribution is 6.36. The first-order valence-corrected chi connectivity index (χ1v) is 8.88. The van der Waals surface area contributed by atoms with E-state index in [0.717, 1.165) is 0 Å². The number of amides is 1. The number of rotatable bonds is 6. The van der Waals surface area contributed by atoms with Crippen molar-refractivity contribution in [3.05, 3.63) is 69.9 Å². The molecule has 1 aromatic heterocycles. The zero-order valence-corrected chi connectivity index (χ0v) is 16.5. The largest absolute Gasteiger partial charge is 0.497 e. The Hall–Kier alpha value is -2.96. The molecular formula is C20H16Cl2N2O4. The number of nitrogens with one attached hydrogen (secondary N) is 1. The minimum atomic E-state index is -0.428. The summed E-state index contributed by atoms with van der Waals surface area (Å²) in [6.07, 6.45) is 1.39.